The molecule has 2 fully saturated rings. The summed E-state index contributed by atoms with van der Waals surface area (Å²) in [6.45, 7) is 9.45. The van der Waals surface area contributed by atoms with Crippen LogP contribution in [0.15, 0.2) is 12.3 Å². The summed E-state index contributed by atoms with van der Waals surface area (Å²) in [7, 11) is 0. The molecule has 0 aliphatic carbocycles. The maximum absolute atomic E-state index is 13.2. The maximum atomic E-state index is 13.2. The number of amides is 2. The number of carbonyl (C=O) groups is 2. The number of piperidine rings is 1. The number of aromatic nitrogens is 1. The Balaban J connectivity index is 1.93. The highest BCUT2D eigenvalue weighted by molar-refractivity contribution is 6.00. The molecule has 0 bridgehead atoms. The quantitative estimate of drug-likeness (QED) is 0.838. The first kappa shape index (κ1) is 16.9. The molecule has 1 atom stereocenters. The van der Waals surface area contributed by atoms with Crippen LogP contribution in [0.3, 0.4) is 0 Å². The van der Waals surface area contributed by atoms with Gasteiger partial charge in [0.15, 0.2) is 0 Å². The lowest BCUT2D eigenvalue weighted by molar-refractivity contribution is -0.147. The van der Waals surface area contributed by atoms with E-state index in [9.17, 15) is 9.59 Å². The minimum atomic E-state index is -0.640. The molecule has 0 radical (unpaired) electrons. The number of aryl methyl sites for hydroxylation is 2. The summed E-state index contributed by atoms with van der Waals surface area (Å²) in [6.07, 6.45) is 5.04. The third kappa shape index (κ3) is 2.60. The first-order chi connectivity index (χ1) is 11.4. The van der Waals surface area contributed by atoms with Gasteiger partial charge in [-0.3, -0.25) is 14.6 Å². The van der Waals surface area contributed by atoms with Crippen molar-refractivity contribution in [1.29, 1.82) is 0 Å². The van der Waals surface area contributed by atoms with Gasteiger partial charge in [0.05, 0.1) is 5.56 Å². The topological polar surface area (TPSA) is 53.5 Å². The average molecular weight is 329 g/mol. The number of nitrogens with zero attached hydrogens (tertiary/aromatic N) is 3. The van der Waals surface area contributed by atoms with Crippen LogP contribution in [-0.4, -0.2) is 51.3 Å². The van der Waals surface area contributed by atoms with Crippen molar-refractivity contribution in [2.75, 3.05) is 13.1 Å². The average Bonchev–Trinajstić information content (AvgIpc) is 2.96. The second kappa shape index (κ2) is 6.19. The molecule has 5 nitrogen and oxygen atoms in total. The Morgan fingerprint density at radius 1 is 1.21 bits per heavy atom. The predicted molar refractivity (Wildman–Crippen MR) is 92.8 cm³/mol. The Labute approximate surface area is 144 Å². The van der Waals surface area contributed by atoms with E-state index in [2.05, 4.69) is 4.98 Å². The summed E-state index contributed by atoms with van der Waals surface area (Å²) in [5.41, 5.74) is 1.89. The van der Waals surface area contributed by atoms with E-state index < -0.39 is 5.54 Å². The predicted octanol–water partition coefficient (Wildman–Crippen LogP) is 2.70. The van der Waals surface area contributed by atoms with Gasteiger partial charge >= 0.3 is 0 Å². The molecule has 5 heteroatoms. The zero-order chi connectivity index (χ0) is 17.5. The molecule has 1 unspecified atom stereocenters. The van der Waals surface area contributed by atoms with Crippen molar-refractivity contribution >= 4 is 11.8 Å². The van der Waals surface area contributed by atoms with Gasteiger partial charge in [0, 0.05) is 31.0 Å². The standard InChI is InChI=1S/C19H27N3O2/c1-13(2)21-9-5-7-19(18(21)24)8-6-10-22(19)17(23)16-11-14(3)15(4)20-12-16/h11-13H,5-10H2,1-4H3. The number of pyridine rings is 1. The molecule has 0 N–H and O–H groups in total. The van der Waals surface area contributed by atoms with Crippen LogP contribution in [0.1, 0.15) is 61.1 Å². The van der Waals surface area contributed by atoms with Gasteiger partial charge in [0.1, 0.15) is 5.54 Å². The highest BCUT2D eigenvalue weighted by Crippen LogP contribution is 2.39. The van der Waals surface area contributed by atoms with E-state index in [1.807, 2.05) is 43.6 Å². The van der Waals surface area contributed by atoms with E-state index in [0.717, 1.165) is 43.5 Å². The molecule has 1 aromatic rings. The Hall–Kier alpha value is -1.91. The van der Waals surface area contributed by atoms with Gasteiger partial charge in [-0.05, 0) is 65.0 Å². The van der Waals surface area contributed by atoms with Crippen LogP contribution >= 0.6 is 0 Å². The number of rotatable bonds is 2. The van der Waals surface area contributed by atoms with Crippen LogP contribution in [0.25, 0.3) is 0 Å². The lowest BCUT2D eigenvalue weighted by Gasteiger charge is -2.46. The first-order valence-corrected chi connectivity index (χ1v) is 8.93. The minimum absolute atomic E-state index is 0.0537. The summed E-state index contributed by atoms with van der Waals surface area (Å²) < 4.78 is 0. The molecule has 1 aromatic heterocycles. The Morgan fingerprint density at radius 2 is 1.88 bits per heavy atom. The smallest absolute Gasteiger partial charge is 0.256 e. The molecular weight excluding hydrogens is 302 g/mol. The van der Waals surface area contributed by atoms with Crippen molar-refractivity contribution in [2.45, 2.75) is 65.0 Å². The second-order valence-electron chi connectivity index (χ2n) is 7.41. The van der Waals surface area contributed by atoms with Gasteiger partial charge < -0.3 is 9.80 Å². The van der Waals surface area contributed by atoms with E-state index in [4.69, 9.17) is 0 Å². The van der Waals surface area contributed by atoms with Crippen LogP contribution in [0.5, 0.6) is 0 Å². The van der Waals surface area contributed by atoms with Crippen LogP contribution in [0, 0.1) is 13.8 Å². The summed E-state index contributed by atoms with van der Waals surface area (Å²) >= 11 is 0. The zero-order valence-electron chi connectivity index (χ0n) is 15.1. The van der Waals surface area contributed by atoms with Crippen LogP contribution in [-0.2, 0) is 4.79 Å². The van der Waals surface area contributed by atoms with Gasteiger partial charge in [-0.15, -0.1) is 0 Å². The van der Waals surface area contributed by atoms with E-state index in [-0.39, 0.29) is 17.9 Å². The minimum Gasteiger partial charge on any atom is -0.338 e. The molecular formula is C19H27N3O2. The zero-order valence-corrected chi connectivity index (χ0v) is 15.1. The Morgan fingerprint density at radius 3 is 2.50 bits per heavy atom. The van der Waals surface area contributed by atoms with Gasteiger partial charge in [-0.1, -0.05) is 0 Å². The number of likely N-dealkylation sites (tertiary alicyclic amines) is 2. The fourth-order valence-electron chi connectivity index (χ4n) is 4.08. The van der Waals surface area contributed by atoms with Crippen molar-refractivity contribution in [3.05, 3.63) is 29.1 Å². The van der Waals surface area contributed by atoms with E-state index >= 15 is 0 Å². The SMILES string of the molecule is Cc1cc(C(=O)N2CCCC23CCCN(C(C)C)C3=O)cnc1C. The lowest BCUT2D eigenvalue weighted by Crippen LogP contribution is -2.62. The highest BCUT2D eigenvalue weighted by atomic mass is 16.2. The van der Waals surface area contributed by atoms with Gasteiger partial charge in [0.25, 0.3) is 5.91 Å². The summed E-state index contributed by atoms with van der Waals surface area (Å²) in [5.74, 6) is 0.0773. The van der Waals surface area contributed by atoms with Gasteiger partial charge in [-0.25, -0.2) is 0 Å². The van der Waals surface area contributed by atoms with E-state index in [1.54, 1.807) is 6.20 Å². The second-order valence-corrected chi connectivity index (χ2v) is 7.41. The van der Waals surface area contributed by atoms with Gasteiger partial charge in [0.2, 0.25) is 5.91 Å². The fraction of sp³-hybridized carbons (Fsp3) is 0.632. The molecule has 24 heavy (non-hydrogen) atoms. The summed E-state index contributed by atoms with van der Waals surface area (Å²) in [4.78, 5) is 34.4. The van der Waals surface area contributed by atoms with Crippen molar-refractivity contribution < 1.29 is 9.59 Å². The molecule has 2 aliphatic rings. The highest BCUT2D eigenvalue weighted by Gasteiger charge is 2.53. The Bertz CT molecular complexity index is 671. The van der Waals surface area contributed by atoms with E-state index in [0.29, 0.717) is 12.1 Å². The number of carbonyl (C=O) groups excluding carboxylic acids is 2. The largest absolute Gasteiger partial charge is 0.338 e. The molecule has 2 amide bonds. The summed E-state index contributed by atoms with van der Waals surface area (Å²) in [5, 5.41) is 0. The molecule has 3 rings (SSSR count). The molecule has 0 saturated carbocycles. The third-order valence-corrected chi connectivity index (χ3v) is 5.59. The Kier molecular flexibility index (Phi) is 4.37. The molecule has 130 valence electrons. The van der Waals surface area contributed by atoms with Crippen molar-refractivity contribution in [2.24, 2.45) is 0 Å². The lowest BCUT2D eigenvalue weighted by atomic mass is 9.84. The summed E-state index contributed by atoms with van der Waals surface area (Å²) in [6, 6.07) is 2.07. The molecule has 1 spiro atoms. The van der Waals surface area contributed by atoms with Crippen molar-refractivity contribution in [3.63, 3.8) is 0 Å². The molecule has 0 aromatic carbocycles. The monoisotopic (exact) mass is 329 g/mol. The van der Waals surface area contributed by atoms with Crippen molar-refractivity contribution in [1.82, 2.24) is 14.8 Å². The molecule has 2 aliphatic heterocycles. The number of hydrogen-bond donors (Lipinski definition) is 0. The molecule has 3 heterocycles. The maximum Gasteiger partial charge on any atom is 0.256 e. The third-order valence-electron chi connectivity index (χ3n) is 5.59. The van der Waals surface area contributed by atoms with E-state index in [1.165, 1.54) is 0 Å². The van der Waals surface area contributed by atoms with Gasteiger partial charge in [-0.2, -0.15) is 0 Å². The van der Waals surface area contributed by atoms with Crippen LogP contribution in [0.2, 0.25) is 0 Å². The van der Waals surface area contributed by atoms with Crippen molar-refractivity contribution in [3.8, 4) is 0 Å². The molecule has 2 saturated heterocycles. The van der Waals surface area contributed by atoms with Crippen LogP contribution < -0.4 is 0 Å². The fourth-order valence-corrected chi connectivity index (χ4v) is 4.08. The normalized spacial score (nSPS) is 24.3. The number of hydrogen-bond acceptors (Lipinski definition) is 3. The van der Waals surface area contributed by atoms with Crippen LogP contribution in [0.4, 0.5) is 0 Å². The first-order valence-electron chi connectivity index (χ1n) is 8.93.